The van der Waals surface area contributed by atoms with Crippen LogP contribution in [0.25, 0.3) is 22.3 Å². The molecule has 72 heavy (non-hydrogen) atoms. The molecule has 3 heterocycles. The number of hydrogen-bond acceptors (Lipinski definition) is 5. The van der Waals surface area contributed by atoms with Crippen LogP contribution in [-0.4, -0.2) is 19.7 Å². The van der Waals surface area contributed by atoms with Crippen molar-refractivity contribution in [1.29, 1.82) is 0 Å². The molecule has 5 nitrogen and oxygen atoms in total. The summed E-state index contributed by atoms with van der Waals surface area (Å²) in [5, 5.41) is 2.77. The van der Waals surface area contributed by atoms with Crippen molar-refractivity contribution < 1.29 is 4.74 Å². The second-order valence-corrected chi connectivity index (χ2v) is 29.1. The third-order valence-corrected chi connectivity index (χ3v) is 18.5. The predicted molar refractivity (Wildman–Crippen MR) is 310 cm³/mol. The average molecular weight is 965 g/mol. The number of fused-ring (bicyclic) bond motifs is 3. The third-order valence-electron chi connectivity index (χ3n) is 15.0. The van der Waals surface area contributed by atoms with E-state index in [2.05, 4.69) is 275 Å². The van der Waals surface area contributed by atoms with Gasteiger partial charge >= 0.3 is 0 Å². The molecule has 366 valence electrons. The lowest BCUT2D eigenvalue weighted by atomic mass is 9.77. The quantitative estimate of drug-likeness (QED) is 0.149. The Hall–Kier alpha value is -6.89. The van der Waals surface area contributed by atoms with E-state index in [1.807, 2.05) is 6.20 Å². The Bertz CT molecular complexity index is 3310. The van der Waals surface area contributed by atoms with Crippen molar-refractivity contribution in [3.05, 3.63) is 192 Å². The number of ether oxygens (including phenoxy) is 1. The molecule has 0 radical (unpaired) electrons. The summed E-state index contributed by atoms with van der Waals surface area (Å²) in [6.45, 7) is 33.3. The van der Waals surface area contributed by atoms with E-state index >= 15 is 0 Å². The Balaban J connectivity index is 1.08. The molecule has 0 spiro atoms. The van der Waals surface area contributed by atoms with Crippen molar-refractivity contribution in [1.82, 2.24) is 4.98 Å². The van der Waals surface area contributed by atoms with E-state index in [9.17, 15) is 0 Å². The number of aromatic nitrogens is 1. The van der Waals surface area contributed by atoms with E-state index < -0.39 is 8.07 Å². The van der Waals surface area contributed by atoms with E-state index in [0.29, 0.717) is 6.67 Å². The highest BCUT2D eigenvalue weighted by Gasteiger charge is 2.40. The van der Waals surface area contributed by atoms with Crippen LogP contribution in [-0.2, 0) is 21.7 Å². The number of rotatable bonds is 7. The molecule has 10 rings (SSSR count). The van der Waals surface area contributed by atoms with Gasteiger partial charge < -0.3 is 14.5 Å². The Morgan fingerprint density at radius 2 is 0.972 bits per heavy atom. The molecule has 0 bridgehead atoms. The van der Waals surface area contributed by atoms with Crippen LogP contribution in [0.2, 0.25) is 13.1 Å². The van der Waals surface area contributed by atoms with Gasteiger partial charge in [-0.25, -0.2) is 4.98 Å². The topological polar surface area (TPSA) is 31.8 Å². The van der Waals surface area contributed by atoms with Crippen molar-refractivity contribution in [2.24, 2.45) is 0 Å². The van der Waals surface area contributed by atoms with Gasteiger partial charge in [-0.1, -0.05) is 187 Å². The lowest BCUT2D eigenvalue weighted by molar-refractivity contribution is 0.483. The van der Waals surface area contributed by atoms with E-state index in [-0.39, 0.29) is 21.7 Å². The maximum atomic E-state index is 6.97. The Labute approximate surface area is 431 Å². The number of pyridine rings is 1. The molecular weight excluding hydrogens is 893 g/mol. The zero-order chi connectivity index (χ0) is 51.1. The van der Waals surface area contributed by atoms with Gasteiger partial charge in [-0.05, 0) is 126 Å². The standard InChI is InChI=1S/C66H72N4OSi/c1-63(2,3)46-33-34-67-61(40-46)70-57-29-20-21-30-59(57)72(13,14)60-32-31-52(42-58(60)70)71-51-26-22-25-50(41-51)68-43-69(56-28-19-18-27-55(56)68)62-53(44-23-16-15-17-24-44)38-49(66(10,11)12)39-54(62)45-35-47(64(4,5)6)37-48(36-45)65(7,8)9/h15-42H,43H2,1-14H3. The molecule has 0 atom stereocenters. The minimum atomic E-state index is -2.09. The van der Waals surface area contributed by atoms with Crippen molar-refractivity contribution >= 4 is 58.4 Å². The van der Waals surface area contributed by atoms with Crippen molar-refractivity contribution in [2.75, 3.05) is 21.4 Å². The van der Waals surface area contributed by atoms with Crippen molar-refractivity contribution in [3.63, 3.8) is 0 Å². The summed E-state index contributed by atoms with van der Waals surface area (Å²) in [6, 6.07) is 60.7. The smallest absolute Gasteiger partial charge is 0.137 e. The van der Waals surface area contributed by atoms with Gasteiger partial charge in [-0.15, -0.1) is 0 Å². The maximum absolute atomic E-state index is 6.97. The number of para-hydroxylation sites is 3. The molecule has 2 aliphatic heterocycles. The molecule has 0 unspecified atom stereocenters. The van der Waals surface area contributed by atoms with Crippen molar-refractivity contribution in [3.8, 4) is 33.8 Å². The van der Waals surface area contributed by atoms with Gasteiger partial charge in [0.2, 0.25) is 0 Å². The zero-order valence-corrected chi connectivity index (χ0v) is 46.1. The number of nitrogens with zero attached hydrogens (tertiary/aromatic N) is 4. The first-order chi connectivity index (χ1) is 34.0. The summed E-state index contributed by atoms with van der Waals surface area (Å²) in [6.07, 6.45) is 1.95. The van der Waals surface area contributed by atoms with E-state index in [1.165, 1.54) is 71.9 Å². The SMILES string of the molecule is CC(C)(C)c1cc(-c2cc(C(C)(C)C)cc(-c3ccccc3)c2N2CN(c3cccc(Oc4ccc5c(c4)N(c4cc(C(C)(C)C)ccn4)c4ccccc4[Si]5(C)C)c3)c3ccccc32)cc(C(C)(C)C)c1. The van der Waals surface area contributed by atoms with Crippen LogP contribution in [0.15, 0.2) is 170 Å². The minimum Gasteiger partial charge on any atom is -0.457 e. The summed E-state index contributed by atoms with van der Waals surface area (Å²) >= 11 is 0. The Morgan fingerprint density at radius 3 is 1.61 bits per heavy atom. The normalized spacial score (nSPS) is 14.5. The maximum Gasteiger partial charge on any atom is 0.137 e. The molecular formula is C66H72N4OSi. The molecule has 0 saturated carbocycles. The van der Waals surface area contributed by atoms with E-state index in [0.717, 1.165) is 34.4 Å². The summed E-state index contributed by atoms with van der Waals surface area (Å²) in [5.74, 6) is 2.49. The highest BCUT2D eigenvalue weighted by molar-refractivity contribution is 7.02. The fraction of sp³-hybridized carbons (Fsp3) is 0.288. The number of benzene rings is 7. The van der Waals surface area contributed by atoms with Crippen LogP contribution in [0.3, 0.4) is 0 Å². The number of anilines is 7. The Morgan fingerprint density at radius 1 is 0.431 bits per heavy atom. The van der Waals surface area contributed by atoms with Gasteiger partial charge in [0, 0.05) is 40.8 Å². The summed E-state index contributed by atoms with van der Waals surface area (Å²) in [5.41, 5.74) is 16.9. The molecule has 7 aromatic carbocycles. The molecule has 8 aromatic rings. The zero-order valence-electron chi connectivity index (χ0n) is 45.1. The fourth-order valence-electron chi connectivity index (χ4n) is 10.6. The highest BCUT2D eigenvalue weighted by atomic mass is 28.3. The van der Waals surface area contributed by atoms with Gasteiger partial charge in [0.05, 0.1) is 22.7 Å². The van der Waals surface area contributed by atoms with Gasteiger partial charge in [-0.3, -0.25) is 4.90 Å². The second kappa shape index (κ2) is 17.7. The molecule has 0 amide bonds. The lowest BCUT2D eigenvalue weighted by Crippen LogP contribution is -2.58. The second-order valence-electron chi connectivity index (χ2n) is 24.7. The minimum absolute atomic E-state index is 0.0235. The average Bonchev–Trinajstić information content (AvgIpc) is 3.72. The summed E-state index contributed by atoms with van der Waals surface area (Å²) < 4.78 is 6.97. The van der Waals surface area contributed by atoms with Crippen LogP contribution in [0.4, 0.5) is 39.9 Å². The summed E-state index contributed by atoms with van der Waals surface area (Å²) in [7, 11) is -2.09. The van der Waals surface area contributed by atoms with E-state index in [4.69, 9.17) is 9.72 Å². The molecule has 0 saturated heterocycles. The molecule has 6 heteroatoms. The third kappa shape index (κ3) is 9.04. The van der Waals surface area contributed by atoms with Crippen LogP contribution >= 0.6 is 0 Å². The van der Waals surface area contributed by atoms with E-state index in [1.54, 1.807) is 0 Å². The molecule has 2 aliphatic rings. The van der Waals surface area contributed by atoms with Gasteiger partial charge in [-0.2, -0.15) is 0 Å². The lowest BCUT2D eigenvalue weighted by Gasteiger charge is -2.40. The molecule has 0 fully saturated rings. The Kier molecular flexibility index (Phi) is 12.0. The largest absolute Gasteiger partial charge is 0.457 e. The predicted octanol–water partition coefficient (Wildman–Crippen LogP) is 17.3. The highest BCUT2D eigenvalue weighted by Crippen LogP contribution is 2.52. The van der Waals surface area contributed by atoms with Crippen LogP contribution < -0.4 is 29.8 Å². The van der Waals surface area contributed by atoms with Gasteiger partial charge in [0.15, 0.2) is 0 Å². The van der Waals surface area contributed by atoms with Crippen molar-refractivity contribution in [2.45, 2.75) is 118 Å². The summed E-state index contributed by atoms with van der Waals surface area (Å²) in [4.78, 5) is 12.4. The first kappa shape index (κ1) is 48.7. The first-order valence-electron chi connectivity index (χ1n) is 25.8. The van der Waals surface area contributed by atoms with Crippen LogP contribution in [0.5, 0.6) is 11.5 Å². The fourth-order valence-corrected chi connectivity index (χ4v) is 13.5. The molecule has 0 N–H and O–H groups in total. The molecule has 1 aromatic heterocycles. The monoisotopic (exact) mass is 965 g/mol. The van der Waals surface area contributed by atoms with Crippen LogP contribution in [0, 0.1) is 0 Å². The number of hydrogen-bond donors (Lipinski definition) is 0. The molecule has 0 aliphatic carbocycles. The first-order valence-corrected chi connectivity index (χ1v) is 28.8. The van der Waals surface area contributed by atoms with Gasteiger partial charge in [0.25, 0.3) is 0 Å². The van der Waals surface area contributed by atoms with Gasteiger partial charge in [0.1, 0.15) is 32.1 Å². The van der Waals surface area contributed by atoms with Crippen LogP contribution in [0.1, 0.15) is 105 Å².